The van der Waals surface area contributed by atoms with Gasteiger partial charge in [-0.2, -0.15) is 10.5 Å². The third-order valence-corrected chi connectivity index (χ3v) is 3.60. The summed E-state index contributed by atoms with van der Waals surface area (Å²) >= 11 is 0. The van der Waals surface area contributed by atoms with E-state index in [1.165, 1.54) is 20.3 Å². The number of benzene rings is 2. The van der Waals surface area contributed by atoms with Crippen molar-refractivity contribution in [3.63, 3.8) is 0 Å². The number of carbonyl (C=O) groups excluding carboxylic acids is 1. The van der Waals surface area contributed by atoms with Crippen molar-refractivity contribution in [2.75, 3.05) is 27.4 Å². The quantitative estimate of drug-likeness (QED) is 0.394. The number of nitrogens with zero attached hydrogens (tertiary/aromatic N) is 2. The monoisotopic (exact) mass is 378 g/mol. The summed E-state index contributed by atoms with van der Waals surface area (Å²) in [6.45, 7) is 0.498. The first kappa shape index (κ1) is 20.3. The third-order valence-electron chi connectivity index (χ3n) is 3.60. The maximum absolute atomic E-state index is 11.5. The van der Waals surface area contributed by atoms with E-state index in [1.54, 1.807) is 54.6 Å². The van der Waals surface area contributed by atoms with Gasteiger partial charge in [-0.05, 0) is 42.0 Å². The molecule has 7 heteroatoms. The van der Waals surface area contributed by atoms with Crippen LogP contribution in [0.4, 0.5) is 0 Å². The van der Waals surface area contributed by atoms with E-state index in [9.17, 15) is 4.79 Å². The van der Waals surface area contributed by atoms with Crippen LogP contribution in [0.2, 0.25) is 0 Å². The Morgan fingerprint density at radius 2 is 1.75 bits per heavy atom. The largest absolute Gasteiger partial charge is 0.493 e. The molecule has 0 aromatic heterocycles. The van der Waals surface area contributed by atoms with Crippen molar-refractivity contribution in [1.82, 2.24) is 0 Å². The van der Waals surface area contributed by atoms with Crippen molar-refractivity contribution < 1.29 is 23.7 Å². The summed E-state index contributed by atoms with van der Waals surface area (Å²) in [7, 11) is 2.82. The van der Waals surface area contributed by atoms with E-state index in [1.807, 2.05) is 0 Å². The second kappa shape index (κ2) is 10.2. The van der Waals surface area contributed by atoms with Gasteiger partial charge in [-0.1, -0.05) is 12.1 Å². The Morgan fingerprint density at radius 1 is 1.00 bits per heavy atom. The molecule has 0 spiro atoms. The molecule has 0 saturated carbocycles. The minimum Gasteiger partial charge on any atom is -0.493 e. The molecule has 142 valence electrons. The lowest BCUT2D eigenvalue weighted by molar-refractivity contribution is 0.0600. The van der Waals surface area contributed by atoms with Gasteiger partial charge >= 0.3 is 5.97 Å². The van der Waals surface area contributed by atoms with E-state index in [4.69, 9.17) is 24.7 Å². The van der Waals surface area contributed by atoms with Gasteiger partial charge in [0.25, 0.3) is 0 Å². The van der Waals surface area contributed by atoms with Crippen LogP contribution < -0.4 is 14.2 Å². The van der Waals surface area contributed by atoms with Gasteiger partial charge in [0.05, 0.1) is 19.8 Å². The van der Waals surface area contributed by atoms with Gasteiger partial charge in [0.15, 0.2) is 11.5 Å². The smallest absolute Gasteiger partial charge is 0.337 e. The predicted molar refractivity (Wildman–Crippen MR) is 101 cm³/mol. The Kier molecular flexibility index (Phi) is 7.44. The minimum absolute atomic E-state index is 0.00157. The number of methoxy groups -OCH3 is 2. The molecule has 28 heavy (non-hydrogen) atoms. The highest BCUT2D eigenvalue weighted by atomic mass is 16.5. The first-order chi connectivity index (χ1) is 13.6. The normalized spacial score (nSPS) is 9.43. The summed E-state index contributed by atoms with van der Waals surface area (Å²) in [5, 5.41) is 17.7. The van der Waals surface area contributed by atoms with Crippen LogP contribution in [0.15, 0.2) is 48.0 Å². The second-order valence-corrected chi connectivity index (χ2v) is 5.41. The van der Waals surface area contributed by atoms with Gasteiger partial charge in [0.2, 0.25) is 0 Å². The van der Waals surface area contributed by atoms with Crippen molar-refractivity contribution in [3.8, 4) is 29.4 Å². The van der Waals surface area contributed by atoms with Gasteiger partial charge in [0, 0.05) is 0 Å². The van der Waals surface area contributed by atoms with Gasteiger partial charge < -0.3 is 18.9 Å². The standard InChI is InChI=1S/C21H18N2O5/c1-25-20-11-15(10-16(13-22)14-23)6-7-19(20)28-9-8-27-18-5-3-4-17(12-18)21(24)26-2/h3-7,10-12H,8-9H2,1-2H3. The molecule has 0 radical (unpaired) electrons. The molecule has 0 saturated heterocycles. The highest BCUT2D eigenvalue weighted by Gasteiger charge is 2.08. The Morgan fingerprint density at radius 3 is 2.43 bits per heavy atom. The zero-order chi connectivity index (χ0) is 20.4. The van der Waals surface area contributed by atoms with Crippen LogP contribution in [-0.4, -0.2) is 33.4 Å². The first-order valence-electron chi connectivity index (χ1n) is 8.25. The molecule has 2 rings (SSSR count). The van der Waals surface area contributed by atoms with Gasteiger partial charge in [-0.3, -0.25) is 0 Å². The lowest BCUT2D eigenvalue weighted by atomic mass is 10.1. The van der Waals surface area contributed by atoms with Crippen LogP contribution in [0.25, 0.3) is 6.08 Å². The number of nitriles is 2. The first-order valence-corrected chi connectivity index (χ1v) is 8.25. The Labute approximate surface area is 162 Å². The third kappa shape index (κ3) is 5.52. The molecule has 0 fully saturated rings. The number of carbonyl (C=O) groups is 1. The molecule has 0 unspecified atom stereocenters. The maximum atomic E-state index is 11.5. The van der Waals surface area contributed by atoms with E-state index in [2.05, 4.69) is 4.74 Å². The van der Waals surface area contributed by atoms with Gasteiger partial charge in [-0.25, -0.2) is 4.79 Å². The molecule has 2 aromatic rings. The van der Waals surface area contributed by atoms with E-state index in [-0.39, 0.29) is 18.8 Å². The summed E-state index contributed by atoms with van der Waals surface area (Å²) < 4.78 is 21.2. The molecule has 7 nitrogen and oxygen atoms in total. The van der Waals surface area contributed by atoms with E-state index in [0.717, 1.165) is 0 Å². The summed E-state index contributed by atoms with van der Waals surface area (Å²) in [6.07, 6.45) is 1.46. The number of ether oxygens (including phenoxy) is 4. The van der Waals surface area contributed by atoms with Crippen LogP contribution in [0.3, 0.4) is 0 Å². The maximum Gasteiger partial charge on any atom is 0.337 e. The summed E-state index contributed by atoms with van der Waals surface area (Å²) in [5.74, 6) is 1.06. The highest BCUT2D eigenvalue weighted by molar-refractivity contribution is 5.89. The summed E-state index contributed by atoms with van der Waals surface area (Å²) in [6, 6.07) is 15.4. The van der Waals surface area contributed by atoms with E-state index in [0.29, 0.717) is 28.4 Å². The Bertz CT molecular complexity index is 938. The number of allylic oxidation sites excluding steroid dienone is 1. The van der Waals surface area contributed by atoms with Gasteiger partial charge in [-0.15, -0.1) is 0 Å². The fraction of sp³-hybridized carbons (Fsp3) is 0.190. The fourth-order valence-electron chi connectivity index (χ4n) is 2.29. The number of rotatable bonds is 8. The van der Waals surface area contributed by atoms with Crippen molar-refractivity contribution in [2.45, 2.75) is 0 Å². The average molecular weight is 378 g/mol. The Hall–Kier alpha value is -3.97. The fourth-order valence-corrected chi connectivity index (χ4v) is 2.29. The molecule has 0 bridgehead atoms. The average Bonchev–Trinajstić information content (AvgIpc) is 2.75. The second-order valence-electron chi connectivity index (χ2n) is 5.41. The topological polar surface area (TPSA) is 102 Å². The number of esters is 1. The molecule has 0 amide bonds. The zero-order valence-corrected chi connectivity index (χ0v) is 15.5. The van der Waals surface area contributed by atoms with Crippen LogP contribution in [0.1, 0.15) is 15.9 Å². The number of hydrogen-bond donors (Lipinski definition) is 0. The van der Waals surface area contributed by atoms with E-state index >= 15 is 0 Å². The molecular weight excluding hydrogens is 360 g/mol. The molecule has 2 aromatic carbocycles. The molecule has 0 N–H and O–H groups in total. The zero-order valence-electron chi connectivity index (χ0n) is 15.5. The van der Waals surface area contributed by atoms with Crippen LogP contribution in [0, 0.1) is 22.7 Å². The lowest BCUT2D eigenvalue weighted by Crippen LogP contribution is -2.10. The predicted octanol–water partition coefficient (Wildman–Crippen LogP) is 3.37. The van der Waals surface area contributed by atoms with E-state index < -0.39 is 5.97 Å². The van der Waals surface area contributed by atoms with Crippen LogP contribution >= 0.6 is 0 Å². The molecule has 0 atom stereocenters. The molecule has 0 aliphatic carbocycles. The van der Waals surface area contributed by atoms with Crippen molar-refractivity contribution in [1.29, 1.82) is 10.5 Å². The molecular formula is C21H18N2O5. The SMILES string of the molecule is COC(=O)c1cccc(OCCOc2ccc(C=C(C#N)C#N)cc2OC)c1. The number of hydrogen-bond acceptors (Lipinski definition) is 7. The highest BCUT2D eigenvalue weighted by Crippen LogP contribution is 2.29. The molecule has 0 aliphatic rings. The van der Waals surface area contributed by atoms with Crippen LogP contribution in [0.5, 0.6) is 17.2 Å². The van der Waals surface area contributed by atoms with Crippen molar-refractivity contribution in [3.05, 3.63) is 59.2 Å². The van der Waals surface area contributed by atoms with Crippen molar-refractivity contribution >= 4 is 12.0 Å². The molecule has 0 aliphatic heterocycles. The lowest BCUT2D eigenvalue weighted by Gasteiger charge is -2.12. The Balaban J connectivity index is 1.96. The van der Waals surface area contributed by atoms with Crippen LogP contribution in [-0.2, 0) is 4.74 Å². The van der Waals surface area contributed by atoms with Gasteiger partial charge in [0.1, 0.15) is 36.7 Å². The summed E-state index contributed by atoms with van der Waals surface area (Å²) in [4.78, 5) is 11.5. The molecule has 0 heterocycles. The summed E-state index contributed by atoms with van der Waals surface area (Å²) in [5.41, 5.74) is 1.05. The minimum atomic E-state index is -0.434. The van der Waals surface area contributed by atoms with Crippen molar-refractivity contribution in [2.24, 2.45) is 0 Å².